The van der Waals surface area contributed by atoms with Crippen LogP contribution < -0.4 is 0 Å². The van der Waals surface area contributed by atoms with Crippen LogP contribution in [-0.2, 0) is 42.9 Å². The first-order valence-electron chi connectivity index (χ1n) is 20.8. The molecule has 1 aliphatic carbocycles. The second-order valence-corrected chi connectivity index (χ2v) is 17.2. The average Bonchev–Trinajstić information content (AvgIpc) is 3.18. The number of amides is 1. The number of aliphatic hydroxyl groups is 3. The van der Waals surface area contributed by atoms with Crippen molar-refractivity contribution < 1.29 is 58.2 Å². The Balaban J connectivity index is 1.76. The van der Waals surface area contributed by atoms with Gasteiger partial charge in [-0.3, -0.25) is 14.4 Å². The lowest BCUT2D eigenvalue weighted by molar-refractivity contribution is -0.302. The number of allylic oxidation sites excluding steroid dienone is 3. The van der Waals surface area contributed by atoms with Crippen LogP contribution in [0.5, 0.6) is 0 Å². The number of ether oxygens (including phenoxy) is 5. The van der Waals surface area contributed by atoms with E-state index in [-0.39, 0.29) is 49.5 Å². The van der Waals surface area contributed by atoms with E-state index >= 15 is 0 Å². The molecule has 0 aromatic heterocycles. The molecule has 3 aliphatic heterocycles. The third kappa shape index (κ3) is 10.7. The number of Topliss-reactive ketones (excluding diaryl/α,β-unsaturated/α-hetero) is 2. The minimum Gasteiger partial charge on any atom is -0.456 e. The number of hydrogen-bond donors (Lipinski definition) is 3. The van der Waals surface area contributed by atoms with Gasteiger partial charge in [0.25, 0.3) is 11.7 Å². The summed E-state index contributed by atoms with van der Waals surface area (Å²) in [4.78, 5) is 57.6. The molecule has 2 bridgehead atoms. The van der Waals surface area contributed by atoms with E-state index in [4.69, 9.17) is 23.7 Å². The summed E-state index contributed by atoms with van der Waals surface area (Å²) in [7, 11) is 4.63. The molecule has 2 saturated heterocycles. The first-order valence-corrected chi connectivity index (χ1v) is 20.8. The highest BCUT2D eigenvalue weighted by molar-refractivity contribution is 6.39. The van der Waals surface area contributed by atoms with E-state index in [0.717, 1.165) is 5.57 Å². The van der Waals surface area contributed by atoms with E-state index in [1.807, 2.05) is 32.9 Å². The number of hydrogen-bond acceptors (Lipinski definition) is 12. The van der Waals surface area contributed by atoms with Gasteiger partial charge in [-0.2, -0.15) is 0 Å². The molecule has 3 heterocycles. The Labute approximate surface area is 333 Å². The number of carbonyl (C=O) groups is 4. The van der Waals surface area contributed by atoms with Crippen LogP contribution in [0.2, 0.25) is 0 Å². The van der Waals surface area contributed by atoms with Crippen molar-refractivity contribution in [3.8, 4) is 0 Å². The third-order valence-electron chi connectivity index (χ3n) is 12.9. The molecular formula is C43H69NO12. The summed E-state index contributed by atoms with van der Waals surface area (Å²) in [5.74, 6) is -7.50. The number of esters is 1. The van der Waals surface area contributed by atoms with E-state index in [0.29, 0.717) is 56.9 Å². The molecule has 0 radical (unpaired) electrons. The van der Waals surface area contributed by atoms with E-state index in [9.17, 15) is 34.5 Å². The fourth-order valence-corrected chi connectivity index (χ4v) is 9.39. The van der Waals surface area contributed by atoms with Crippen LogP contribution >= 0.6 is 0 Å². The highest BCUT2D eigenvalue weighted by Gasteiger charge is 2.56. The summed E-state index contributed by atoms with van der Waals surface area (Å²) in [5, 5.41) is 34.1. The van der Waals surface area contributed by atoms with Crippen LogP contribution in [0.15, 0.2) is 23.3 Å². The zero-order valence-corrected chi connectivity index (χ0v) is 35.1. The number of cyclic esters (lactones) is 1. The molecule has 13 nitrogen and oxygen atoms in total. The largest absolute Gasteiger partial charge is 0.456 e. The first-order chi connectivity index (χ1) is 26.5. The molecule has 0 spiro atoms. The van der Waals surface area contributed by atoms with Crippen LogP contribution in [0.1, 0.15) is 112 Å². The van der Waals surface area contributed by atoms with E-state index < -0.39 is 83.9 Å². The van der Waals surface area contributed by atoms with Crippen LogP contribution in [0.25, 0.3) is 0 Å². The van der Waals surface area contributed by atoms with Crippen molar-refractivity contribution in [3.63, 3.8) is 0 Å². The van der Waals surface area contributed by atoms with Crippen molar-refractivity contribution in [2.45, 2.75) is 167 Å². The lowest BCUT2D eigenvalue weighted by Gasteiger charge is -2.47. The topological polar surface area (TPSA) is 178 Å². The maximum absolute atomic E-state index is 14.3. The number of aliphatic hydroxyl groups excluding tert-OH is 2. The van der Waals surface area contributed by atoms with Gasteiger partial charge in [-0.15, -0.1) is 0 Å². The summed E-state index contributed by atoms with van der Waals surface area (Å²) in [6.45, 7) is 11.3. The number of carbonyl (C=O) groups excluding carboxylic acids is 4. The van der Waals surface area contributed by atoms with Gasteiger partial charge in [-0.1, -0.05) is 45.4 Å². The fourth-order valence-electron chi connectivity index (χ4n) is 9.39. The molecule has 3 N–H and O–H groups in total. The molecule has 318 valence electrons. The van der Waals surface area contributed by atoms with Crippen molar-refractivity contribution >= 4 is 23.4 Å². The Hall–Kier alpha value is -2.52. The Morgan fingerprint density at radius 3 is 2.21 bits per heavy atom. The summed E-state index contributed by atoms with van der Waals surface area (Å²) in [6.07, 6.45) is 3.72. The van der Waals surface area contributed by atoms with E-state index in [2.05, 4.69) is 6.92 Å². The molecule has 14 atom stereocenters. The van der Waals surface area contributed by atoms with Gasteiger partial charge in [0.2, 0.25) is 5.79 Å². The Morgan fingerprint density at radius 1 is 0.911 bits per heavy atom. The fraction of sp³-hybridized carbons (Fsp3) is 0.814. The minimum absolute atomic E-state index is 0.000914. The minimum atomic E-state index is -2.50. The third-order valence-corrected chi connectivity index (χ3v) is 12.9. The Bertz CT molecular complexity index is 1430. The molecule has 0 aromatic rings. The van der Waals surface area contributed by atoms with Gasteiger partial charge in [0.05, 0.1) is 30.5 Å². The Morgan fingerprint density at radius 2 is 1.57 bits per heavy atom. The second-order valence-electron chi connectivity index (χ2n) is 17.2. The molecule has 0 aromatic carbocycles. The molecule has 1 unspecified atom stereocenters. The number of rotatable bonds is 6. The van der Waals surface area contributed by atoms with Gasteiger partial charge in [0.15, 0.2) is 0 Å². The van der Waals surface area contributed by atoms with Gasteiger partial charge in [0, 0.05) is 52.0 Å². The second kappa shape index (κ2) is 20.4. The smallest absolute Gasteiger partial charge is 0.329 e. The lowest BCUT2D eigenvalue weighted by atomic mass is 9.81. The number of piperidine rings is 1. The molecule has 56 heavy (non-hydrogen) atoms. The van der Waals surface area contributed by atoms with Crippen molar-refractivity contribution in [2.24, 2.45) is 29.6 Å². The number of ketones is 2. The van der Waals surface area contributed by atoms with Crippen LogP contribution in [0.4, 0.5) is 0 Å². The van der Waals surface area contributed by atoms with Crippen LogP contribution in [-0.4, -0.2) is 126 Å². The summed E-state index contributed by atoms with van der Waals surface area (Å²) >= 11 is 0. The molecule has 1 amide bonds. The lowest BCUT2D eigenvalue weighted by Crippen LogP contribution is -2.64. The molecule has 3 fully saturated rings. The maximum Gasteiger partial charge on any atom is 0.329 e. The average molecular weight is 792 g/mol. The van der Waals surface area contributed by atoms with Crippen molar-refractivity contribution in [1.82, 2.24) is 4.90 Å². The zero-order valence-electron chi connectivity index (χ0n) is 35.1. The van der Waals surface area contributed by atoms with Crippen LogP contribution in [0, 0.1) is 29.6 Å². The Kier molecular flexibility index (Phi) is 16.9. The van der Waals surface area contributed by atoms with Gasteiger partial charge in [-0.05, 0) is 95.5 Å². The summed E-state index contributed by atoms with van der Waals surface area (Å²) in [5.41, 5.74) is 1.66. The quantitative estimate of drug-likeness (QED) is 0.196. The molecule has 4 rings (SSSR count). The number of fused-ring (bicyclic) bond motifs is 3. The normalized spacial score (nSPS) is 40.6. The van der Waals surface area contributed by atoms with Gasteiger partial charge >= 0.3 is 5.97 Å². The van der Waals surface area contributed by atoms with E-state index in [1.165, 1.54) is 19.1 Å². The molecule has 4 aliphatic rings. The highest BCUT2D eigenvalue weighted by atomic mass is 16.7. The van der Waals surface area contributed by atoms with Crippen molar-refractivity contribution in [2.75, 3.05) is 27.9 Å². The maximum atomic E-state index is 14.3. The van der Waals surface area contributed by atoms with Crippen molar-refractivity contribution in [1.29, 1.82) is 0 Å². The van der Waals surface area contributed by atoms with Gasteiger partial charge in [0.1, 0.15) is 24.0 Å². The first kappa shape index (κ1) is 46.2. The highest BCUT2D eigenvalue weighted by Crippen LogP contribution is 2.39. The standard InChI is InChI=1S/C43H69NO12/c1-10-30-18-24(2)17-25(3)19-36(53-8)39-37(54-9)21-27(5)43(51,56-39)40(48)41(49)44-16-12-11-13-31(44)42(50)55-38(28(6)33(46)23-34(30)47)26(4)20-29-14-15-32(45)35(22-29)52-7/h18,20,25,27-33,35-39,45-46,51H,10-17,19,21-23H2,1-9H3/b24-18?,26-20+/t25-,27+,28+,29-,30+,31-,32+,33-,35?,36-,37-,38+,39+,43+/m0/s1. The van der Waals surface area contributed by atoms with Gasteiger partial charge < -0.3 is 43.9 Å². The summed E-state index contributed by atoms with van der Waals surface area (Å²) in [6, 6.07) is -1.13. The molecule has 13 heteroatoms. The number of nitrogens with zero attached hydrogens (tertiary/aromatic N) is 1. The van der Waals surface area contributed by atoms with Crippen molar-refractivity contribution in [3.05, 3.63) is 23.3 Å². The monoisotopic (exact) mass is 791 g/mol. The molecule has 1 saturated carbocycles. The zero-order chi connectivity index (χ0) is 41.5. The van der Waals surface area contributed by atoms with Gasteiger partial charge in [-0.25, -0.2) is 4.79 Å². The molecular weight excluding hydrogens is 722 g/mol. The summed E-state index contributed by atoms with van der Waals surface area (Å²) < 4.78 is 29.7. The predicted octanol–water partition coefficient (Wildman–Crippen LogP) is 4.47. The number of methoxy groups -OCH3 is 3. The predicted molar refractivity (Wildman–Crippen MR) is 208 cm³/mol. The SMILES string of the molecule is CC[C@@H]1C=C(C)C[C@H](C)C[C@H](OC)[C@H]2O[C@@](O)(C(=O)C(=O)N3CCCC[C@H]3C(=O)O[C@H](/C(C)=C/[C@@H]3CC[C@@H](O)C(OC)C3)[C@H](C)[C@@H](O)CC1=O)[C@H](C)C[C@@H]2OC. The van der Waals surface area contributed by atoms with Crippen LogP contribution in [0.3, 0.4) is 0 Å². The van der Waals surface area contributed by atoms with E-state index in [1.54, 1.807) is 21.0 Å².